The van der Waals surface area contributed by atoms with Crippen LogP contribution in [0, 0.1) is 6.92 Å². The largest absolute Gasteiger partial charge is 0.420 e. The maximum atomic E-state index is 12.5. The number of likely N-dealkylation sites (tertiary alicyclic amines) is 1. The number of rotatable bonds is 4. The summed E-state index contributed by atoms with van der Waals surface area (Å²) in [7, 11) is 0. The van der Waals surface area contributed by atoms with E-state index >= 15 is 0 Å². The van der Waals surface area contributed by atoms with Crippen molar-refractivity contribution in [3.63, 3.8) is 0 Å². The molecule has 0 atom stereocenters. The van der Waals surface area contributed by atoms with Gasteiger partial charge in [0.1, 0.15) is 6.33 Å². The molecule has 0 spiro atoms. The zero-order valence-electron chi connectivity index (χ0n) is 15.2. The van der Waals surface area contributed by atoms with Crippen molar-refractivity contribution in [2.24, 2.45) is 0 Å². The lowest BCUT2D eigenvalue weighted by atomic mass is 9.96. The zero-order valence-corrected chi connectivity index (χ0v) is 15.2. The number of aryl methyl sites for hydroxylation is 1. The molecule has 0 aliphatic carbocycles. The highest BCUT2D eigenvalue weighted by atomic mass is 16.4. The molecule has 138 valence electrons. The van der Waals surface area contributed by atoms with Crippen molar-refractivity contribution < 1.29 is 9.21 Å². The quantitative estimate of drug-likeness (QED) is 0.709. The summed E-state index contributed by atoms with van der Waals surface area (Å²) in [6, 6.07) is 9.85. The third kappa shape index (κ3) is 3.86. The molecule has 4 rings (SSSR count). The number of carbonyl (C=O) groups excluding carboxylic acids is 1. The van der Waals surface area contributed by atoms with E-state index in [2.05, 4.69) is 20.2 Å². The number of carbonyl (C=O) groups is 1. The standard InChI is InChI=1S/C20H21N5O2/c1-14-17(12-21-13-22-14)20-24-23-19(27-20)16-7-9-25(10-8-16)18(26)11-15-5-3-2-4-6-15/h2-6,12-13,16H,7-11H2,1H3. The van der Waals surface area contributed by atoms with Crippen molar-refractivity contribution in [1.29, 1.82) is 0 Å². The van der Waals surface area contributed by atoms with Gasteiger partial charge in [-0.15, -0.1) is 10.2 Å². The molecule has 1 aromatic carbocycles. The van der Waals surface area contributed by atoms with Crippen LogP contribution in [0.4, 0.5) is 0 Å². The lowest BCUT2D eigenvalue weighted by Crippen LogP contribution is -2.38. The number of aromatic nitrogens is 4. The first kappa shape index (κ1) is 17.3. The second kappa shape index (κ2) is 7.65. The van der Waals surface area contributed by atoms with Gasteiger partial charge in [0.25, 0.3) is 5.89 Å². The van der Waals surface area contributed by atoms with Crippen LogP contribution in [-0.4, -0.2) is 44.1 Å². The highest BCUT2D eigenvalue weighted by Gasteiger charge is 2.27. The maximum Gasteiger partial charge on any atom is 0.251 e. The predicted octanol–water partition coefficient (Wildman–Crippen LogP) is 2.78. The third-order valence-electron chi connectivity index (χ3n) is 4.98. The van der Waals surface area contributed by atoms with Crippen LogP contribution in [0.5, 0.6) is 0 Å². The second-order valence-electron chi connectivity index (χ2n) is 6.78. The van der Waals surface area contributed by atoms with Crippen LogP contribution in [-0.2, 0) is 11.2 Å². The lowest BCUT2D eigenvalue weighted by molar-refractivity contribution is -0.131. The Labute approximate surface area is 157 Å². The molecular weight excluding hydrogens is 342 g/mol. The molecule has 7 heteroatoms. The van der Waals surface area contributed by atoms with Crippen LogP contribution in [0.15, 0.2) is 47.3 Å². The SMILES string of the molecule is Cc1ncncc1-c1nnc(C2CCN(C(=O)Cc3ccccc3)CC2)o1. The van der Waals surface area contributed by atoms with Crippen LogP contribution in [0.3, 0.4) is 0 Å². The lowest BCUT2D eigenvalue weighted by Gasteiger charge is -2.30. The monoisotopic (exact) mass is 363 g/mol. The molecule has 1 saturated heterocycles. The van der Waals surface area contributed by atoms with E-state index in [0.29, 0.717) is 31.3 Å². The summed E-state index contributed by atoms with van der Waals surface area (Å²) in [5.41, 5.74) is 2.61. The van der Waals surface area contributed by atoms with Crippen LogP contribution in [0.25, 0.3) is 11.5 Å². The Balaban J connectivity index is 1.37. The molecular formula is C20H21N5O2. The second-order valence-corrected chi connectivity index (χ2v) is 6.78. The highest BCUT2D eigenvalue weighted by Crippen LogP contribution is 2.29. The molecule has 0 unspecified atom stereocenters. The molecule has 3 heterocycles. The van der Waals surface area contributed by atoms with Gasteiger partial charge in [-0.25, -0.2) is 9.97 Å². The summed E-state index contributed by atoms with van der Waals surface area (Å²) in [6.45, 7) is 3.31. The van der Waals surface area contributed by atoms with Gasteiger partial charge in [-0.1, -0.05) is 30.3 Å². The fourth-order valence-electron chi connectivity index (χ4n) is 3.37. The molecule has 0 N–H and O–H groups in total. The van der Waals surface area contributed by atoms with Gasteiger partial charge in [-0.2, -0.15) is 0 Å². The van der Waals surface area contributed by atoms with Crippen LogP contribution in [0.2, 0.25) is 0 Å². The fraction of sp³-hybridized carbons (Fsp3) is 0.350. The molecule has 1 fully saturated rings. The van der Waals surface area contributed by atoms with Gasteiger partial charge >= 0.3 is 0 Å². The Bertz CT molecular complexity index is 917. The molecule has 0 saturated carbocycles. The molecule has 1 aliphatic rings. The molecule has 0 radical (unpaired) electrons. The number of hydrogen-bond donors (Lipinski definition) is 0. The van der Waals surface area contributed by atoms with Crippen molar-refractivity contribution >= 4 is 5.91 Å². The van der Waals surface area contributed by atoms with Crippen molar-refractivity contribution in [3.05, 3.63) is 60.0 Å². The Kier molecular flexibility index (Phi) is 4.91. The molecule has 1 aliphatic heterocycles. The van der Waals surface area contributed by atoms with E-state index < -0.39 is 0 Å². The van der Waals surface area contributed by atoms with E-state index in [9.17, 15) is 4.79 Å². The van der Waals surface area contributed by atoms with Gasteiger partial charge in [0.15, 0.2) is 0 Å². The Hall–Kier alpha value is -3.09. The Morgan fingerprint density at radius 1 is 1.19 bits per heavy atom. The third-order valence-corrected chi connectivity index (χ3v) is 4.98. The molecule has 0 bridgehead atoms. The first-order valence-electron chi connectivity index (χ1n) is 9.13. The smallest absolute Gasteiger partial charge is 0.251 e. The van der Waals surface area contributed by atoms with Gasteiger partial charge in [0.05, 0.1) is 17.7 Å². The normalized spacial score (nSPS) is 15.1. The van der Waals surface area contributed by atoms with Crippen molar-refractivity contribution in [1.82, 2.24) is 25.1 Å². The van der Waals surface area contributed by atoms with E-state index in [0.717, 1.165) is 29.7 Å². The minimum atomic E-state index is 0.169. The van der Waals surface area contributed by atoms with E-state index in [4.69, 9.17) is 4.42 Å². The van der Waals surface area contributed by atoms with Gasteiger partial charge in [-0.05, 0) is 25.3 Å². The summed E-state index contributed by atoms with van der Waals surface area (Å²) < 4.78 is 5.88. The first-order chi connectivity index (χ1) is 13.2. The average molecular weight is 363 g/mol. The number of piperidine rings is 1. The molecule has 7 nitrogen and oxygen atoms in total. The number of hydrogen-bond acceptors (Lipinski definition) is 6. The van der Waals surface area contributed by atoms with Crippen molar-refractivity contribution in [2.45, 2.75) is 32.1 Å². The van der Waals surface area contributed by atoms with E-state index in [1.54, 1.807) is 6.20 Å². The molecule has 2 aromatic heterocycles. The summed E-state index contributed by atoms with van der Waals surface area (Å²) >= 11 is 0. The number of benzene rings is 1. The Morgan fingerprint density at radius 3 is 2.70 bits per heavy atom. The van der Waals surface area contributed by atoms with Crippen molar-refractivity contribution in [3.8, 4) is 11.5 Å². The van der Waals surface area contributed by atoms with Crippen LogP contribution >= 0.6 is 0 Å². The van der Waals surface area contributed by atoms with E-state index in [-0.39, 0.29) is 11.8 Å². The van der Waals surface area contributed by atoms with Crippen LogP contribution < -0.4 is 0 Å². The number of amides is 1. The number of nitrogens with zero attached hydrogens (tertiary/aromatic N) is 5. The van der Waals surface area contributed by atoms with Gasteiger partial charge < -0.3 is 9.32 Å². The van der Waals surface area contributed by atoms with Gasteiger partial charge in [0, 0.05) is 25.2 Å². The maximum absolute atomic E-state index is 12.5. The molecule has 3 aromatic rings. The van der Waals surface area contributed by atoms with Crippen molar-refractivity contribution in [2.75, 3.05) is 13.1 Å². The van der Waals surface area contributed by atoms with Crippen LogP contribution in [0.1, 0.15) is 35.9 Å². The molecule has 1 amide bonds. The van der Waals surface area contributed by atoms with E-state index in [1.807, 2.05) is 42.2 Å². The van der Waals surface area contributed by atoms with E-state index in [1.165, 1.54) is 6.33 Å². The van der Waals surface area contributed by atoms with Gasteiger partial charge in [-0.3, -0.25) is 4.79 Å². The fourth-order valence-corrected chi connectivity index (χ4v) is 3.37. The van der Waals surface area contributed by atoms with Gasteiger partial charge in [0.2, 0.25) is 11.8 Å². The first-order valence-corrected chi connectivity index (χ1v) is 9.13. The summed E-state index contributed by atoms with van der Waals surface area (Å²) in [5.74, 6) is 1.42. The zero-order chi connectivity index (χ0) is 18.6. The summed E-state index contributed by atoms with van der Waals surface area (Å²) in [6.07, 6.45) is 5.28. The topological polar surface area (TPSA) is 85.0 Å². The minimum Gasteiger partial charge on any atom is -0.420 e. The predicted molar refractivity (Wildman–Crippen MR) is 98.8 cm³/mol. The summed E-state index contributed by atoms with van der Waals surface area (Å²) in [5, 5.41) is 8.37. The minimum absolute atomic E-state index is 0.169. The Morgan fingerprint density at radius 2 is 1.96 bits per heavy atom. The summed E-state index contributed by atoms with van der Waals surface area (Å²) in [4.78, 5) is 22.6. The average Bonchev–Trinajstić information content (AvgIpc) is 3.19. The highest BCUT2D eigenvalue weighted by molar-refractivity contribution is 5.78. The molecule has 27 heavy (non-hydrogen) atoms.